The highest BCUT2D eigenvalue weighted by atomic mass is 14.7. The number of fused-ring (bicyclic) bond motifs is 3. The number of aromatic amines is 1. The van der Waals surface area contributed by atoms with Crippen LogP contribution in [0.1, 0.15) is 31.0 Å². The zero-order valence-electron chi connectivity index (χ0n) is 11.1. The maximum Gasteiger partial charge on any atom is 0.0458 e. The number of nitrogens with one attached hydrogen (secondary N) is 1. The van der Waals surface area contributed by atoms with Crippen LogP contribution in [0, 0.1) is 11.8 Å². The number of aryl methyl sites for hydroxylation is 1. The van der Waals surface area contributed by atoms with E-state index in [9.17, 15) is 0 Å². The van der Waals surface area contributed by atoms with E-state index in [1.165, 1.54) is 42.3 Å². The molecule has 0 spiro atoms. The first-order chi connectivity index (χ1) is 8.83. The second kappa shape index (κ2) is 4.77. The molecule has 1 aromatic carbocycles. The van der Waals surface area contributed by atoms with Crippen LogP contribution in [-0.2, 0) is 12.8 Å². The topological polar surface area (TPSA) is 41.8 Å². The molecule has 0 bridgehead atoms. The summed E-state index contributed by atoms with van der Waals surface area (Å²) in [7, 11) is 0. The molecular weight excluding hydrogens is 220 g/mol. The van der Waals surface area contributed by atoms with Crippen molar-refractivity contribution in [2.75, 3.05) is 6.54 Å². The molecule has 96 valence electrons. The molecule has 2 atom stereocenters. The number of nitrogens with two attached hydrogens (primary N) is 1. The van der Waals surface area contributed by atoms with E-state index >= 15 is 0 Å². The van der Waals surface area contributed by atoms with Crippen molar-refractivity contribution in [2.24, 2.45) is 17.6 Å². The van der Waals surface area contributed by atoms with Gasteiger partial charge in [0.25, 0.3) is 0 Å². The first-order valence-corrected chi connectivity index (χ1v) is 7.12. The van der Waals surface area contributed by atoms with Gasteiger partial charge < -0.3 is 10.7 Å². The quantitative estimate of drug-likeness (QED) is 0.852. The average molecular weight is 242 g/mol. The Kier molecular flexibility index (Phi) is 3.13. The first-order valence-electron chi connectivity index (χ1n) is 7.12. The van der Waals surface area contributed by atoms with Gasteiger partial charge in [0.2, 0.25) is 0 Å². The lowest BCUT2D eigenvalue weighted by Crippen LogP contribution is -2.27. The summed E-state index contributed by atoms with van der Waals surface area (Å²) >= 11 is 0. The fraction of sp³-hybridized carbons (Fsp3) is 0.500. The predicted molar refractivity (Wildman–Crippen MR) is 76.6 cm³/mol. The number of hydrogen-bond acceptors (Lipinski definition) is 1. The van der Waals surface area contributed by atoms with E-state index in [0.29, 0.717) is 5.92 Å². The minimum absolute atomic E-state index is 0.685. The molecule has 3 rings (SSSR count). The van der Waals surface area contributed by atoms with Crippen LogP contribution in [0.2, 0.25) is 0 Å². The third-order valence-electron chi connectivity index (χ3n) is 4.63. The summed E-state index contributed by atoms with van der Waals surface area (Å²) in [6.45, 7) is 3.09. The summed E-state index contributed by atoms with van der Waals surface area (Å²) in [6, 6.07) is 8.67. The number of benzene rings is 1. The molecular formula is C16H22N2. The maximum absolute atomic E-state index is 5.90. The van der Waals surface area contributed by atoms with Crippen LogP contribution in [0.15, 0.2) is 24.3 Å². The molecule has 18 heavy (non-hydrogen) atoms. The Bertz CT molecular complexity index is 537. The Morgan fingerprint density at radius 2 is 2.22 bits per heavy atom. The van der Waals surface area contributed by atoms with E-state index in [4.69, 9.17) is 5.73 Å². The zero-order valence-corrected chi connectivity index (χ0v) is 11.1. The lowest BCUT2D eigenvalue weighted by molar-refractivity contribution is 0.296. The molecule has 1 heterocycles. The van der Waals surface area contributed by atoms with Gasteiger partial charge >= 0.3 is 0 Å². The maximum atomic E-state index is 5.90. The highest BCUT2D eigenvalue weighted by Crippen LogP contribution is 2.35. The summed E-state index contributed by atoms with van der Waals surface area (Å²) in [5.41, 5.74) is 10.2. The molecule has 0 unspecified atom stereocenters. The predicted octanol–water partition coefficient (Wildman–Crippen LogP) is 3.26. The van der Waals surface area contributed by atoms with E-state index in [0.717, 1.165) is 12.5 Å². The molecule has 2 heteroatoms. The standard InChI is InChI=1S/C16H22N2/c1-2-11(10-17)12-7-8-14-13-5-3-4-6-15(13)18-16(14)9-12/h3-6,11-12,18H,2,7-10,17H2,1H3/t11-,12+/m1/s1. The van der Waals surface area contributed by atoms with Gasteiger partial charge in [0.1, 0.15) is 0 Å². The molecule has 0 saturated carbocycles. The van der Waals surface area contributed by atoms with Crippen molar-refractivity contribution < 1.29 is 0 Å². The Labute approximate surface area is 109 Å². The van der Waals surface area contributed by atoms with E-state index in [1.807, 2.05) is 0 Å². The second-order valence-corrected chi connectivity index (χ2v) is 5.53. The minimum atomic E-state index is 0.685. The highest BCUT2D eigenvalue weighted by Gasteiger charge is 2.26. The number of aromatic nitrogens is 1. The molecule has 0 amide bonds. The van der Waals surface area contributed by atoms with Crippen LogP contribution in [-0.4, -0.2) is 11.5 Å². The van der Waals surface area contributed by atoms with E-state index in [2.05, 4.69) is 36.2 Å². The van der Waals surface area contributed by atoms with Crippen molar-refractivity contribution in [2.45, 2.75) is 32.6 Å². The Morgan fingerprint density at radius 1 is 1.39 bits per heavy atom. The van der Waals surface area contributed by atoms with Crippen LogP contribution in [0.3, 0.4) is 0 Å². The average Bonchev–Trinajstić information content (AvgIpc) is 2.78. The van der Waals surface area contributed by atoms with Gasteiger partial charge in [-0.15, -0.1) is 0 Å². The third-order valence-corrected chi connectivity index (χ3v) is 4.63. The van der Waals surface area contributed by atoms with E-state index in [-0.39, 0.29) is 0 Å². The van der Waals surface area contributed by atoms with Crippen molar-refractivity contribution in [1.82, 2.24) is 4.98 Å². The third kappa shape index (κ3) is 1.85. The number of H-pyrrole nitrogens is 1. The van der Waals surface area contributed by atoms with Gasteiger partial charge in [-0.05, 0) is 49.3 Å². The van der Waals surface area contributed by atoms with Crippen molar-refractivity contribution in [1.29, 1.82) is 0 Å². The van der Waals surface area contributed by atoms with E-state index in [1.54, 1.807) is 5.56 Å². The normalized spacial score (nSPS) is 20.9. The monoisotopic (exact) mass is 242 g/mol. The Balaban J connectivity index is 1.93. The highest BCUT2D eigenvalue weighted by molar-refractivity contribution is 5.84. The van der Waals surface area contributed by atoms with Crippen molar-refractivity contribution in [3.05, 3.63) is 35.5 Å². The summed E-state index contributed by atoms with van der Waals surface area (Å²) in [6.07, 6.45) is 4.89. The molecule has 0 saturated heterocycles. The largest absolute Gasteiger partial charge is 0.358 e. The first kappa shape index (κ1) is 11.8. The van der Waals surface area contributed by atoms with Crippen molar-refractivity contribution in [3.63, 3.8) is 0 Å². The van der Waals surface area contributed by atoms with Crippen LogP contribution < -0.4 is 5.73 Å². The smallest absolute Gasteiger partial charge is 0.0458 e. The summed E-state index contributed by atoms with van der Waals surface area (Å²) in [5.74, 6) is 1.45. The number of para-hydroxylation sites is 1. The molecule has 1 aromatic heterocycles. The summed E-state index contributed by atoms with van der Waals surface area (Å²) in [5, 5.41) is 1.42. The molecule has 2 aromatic rings. The zero-order chi connectivity index (χ0) is 12.5. The fourth-order valence-corrected chi connectivity index (χ4v) is 3.50. The van der Waals surface area contributed by atoms with Crippen LogP contribution in [0.5, 0.6) is 0 Å². The second-order valence-electron chi connectivity index (χ2n) is 5.53. The molecule has 1 aliphatic carbocycles. The summed E-state index contributed by atoms with van der Waals surface area (Å²) < 4.78 is 0. The Hall–Kier alpha value is -1.28. The molecule has 3 N–H and O–H groups in total. The van der Waals surface area contributed by atoms with Crippen LogP contribution in [0.25, 0.3) is 10.9 Å². The lowest BCUT2D eigenvalue weighted by Gasteiger charge is -2.28. The molecule has 0 aliphatic heterocycles. The Morgan fingerprint density at radius 3 is 3.00 bits per heavy atom. The van der Waals surface area contributed by atoms with E-state index < -0.39 is 0 Å². The van der Waals surface area contributed by atoms with Gasteiger partial charge in [0.15, 0.2) is 0 Å². The van der Waals surface area contributed by atoms with Gasteiger partial charge in [-0.3, -0.25) is 0 Å². The molecule has 0 radical (unpaired) electrons. The van der Waals surface area contributed by atoms with Gasteiger partial charge in [-0.2, -0.15) is 0 Å². The van der Waals surface area contributed by atoms with Crippen LogP contribution >= 0.6 is 0 Å². The minimum Gasteiger partial charge on any atom is -0.358 e. The van der Waals surface area contributed by atoms with Gasteiger partial charge in [-0.25, -0.2) is 0 Å². The van der Waals surface area contributed by atoms with Crippen molar-refractivity contribution in [3.8, 4) is 0 Å². The van der Waals surface area contributed by atoms with Crippen molar-refractivity contribution >= 4 is 10.9 Å². The number of hydrogen-bond donors (Lipinski definition) is 2. The lowest BCUT2D eigenvalue weighted by atomic mass is 9.78. The van der Waals surface area contributed by atoms with Gasteiger partial charge in [-0.1, -0.05) is 31.5 Å². The molecule has 0 fully saturated rings. The number of rotatable bonds is 3. The molecule has 2 nitrogen and oxygen atoms in total. The van der Waals surface area contributed by atoms with Crippen LogP contribution in [0.4, 0.5) is 0 Å². The SMILES string of the molecule is CC[C@H](CN)[C@H]1CCc2c([nH]c3ccccc23)C1. The van der Waals surface area contributed by atoms with Gasteiger partial charge in [0.05, 0.1) is 0 Å². The fourth-order valence-electron chi connectivity index (χ4n) is 3.50. The summed E-state index contributed by atoms with van der Waals surface area (Å²) in [4.78, 5) is 3.61. The van der Waals surface area contributed by atoms with Gasteiger partial charge in [0, 0.05) is 16.6 Å². The molecule has 1 aliphatic rings.